The Balaban J connectivity index is 0.00000196. The fraction of sp³-hybridized carbons (Fsp3) is 0.556. The molecule has 2 aliphatic heterocycles. The van der Waals surface area contributed by atoms with E-state index in [0.29, 0.717) is 45.9 Å². The van der Waals surface area contributed by atoms with Gasteiger partial charge in [-0.05, 0) is 12.1 Å². The number of nitrogens with zero attached hydrogens (tertiary/aromatic N) is 2. The van der Waals surface area contributed by atoms with Crippen LogP contribution in [0.4, 0.5) is 4.39 Å². The fourth-order valence-corrected chi connectivity index (χ4v) is 3.20. The Morgan fingerprint density at radius 1 is 1.18 bits per heavy atom. The molecule has 0 aliphatic carbocycles. The maximum Gasteiger partial charge on any atom is 0.254 e. The third-order valence-electron chi connectivity index (χ3n) is 4.74. The second kappa shape index (κ2) is 12.2. The highest BCUT2D eigenvalue weighted by Crippen LogP contribution is 2.07. The Morgan fingerprint density at radius 3 is 2.54 bits per heavy atom. The van der Waals surface area contributed by atoms with Crippen LogP contribution < -0.4 is 10.6 Å². The maximum atomic E-state index is 13.6. The van der Waals surface area contributed by atoms with Gasteiger partial charge in [0.15, 0.2) is 0 Å². The minimum absolute atomic E-state index is 0. The average molecular weight is 437 g/mol. The molecule has 28 heavy (non-hydrogen) atoms. The molecule has 0 saturated carbocycles. The van der Waals surface area contributed by atoms with Crippen LogP contribution in [0, 0.1) is 5.82 Å². The first kappa shape index (κ1) is 24.6. The highest BCUT2D eigenvalue weighted by Gasteiger charge is 2.28. The van der Waals surface area contributed by atoms with Crippen molar-refractivity contribution in [2.45, 2.75) is 6.04 Å². The van der Waals surface area contributed by atoms with E-state index in [9.17, 15) is 14.0 Å². The zero-order chi connectivity index (χ0) is 18.4. The van der Waals surface area contributed by atoms with Crippen LogP contribution in [-0.2, 0) is 9.53 Å². The molecule has 1 atom stereocenters. The molecule has 2 aliphatic rings. The lowest BCUT2D eigenvalue weighted by atomic mass is 10.2. The highest BCUT2D eigenvalue weighted by atomic mass is 35.5. The molecule has 2 fully saturated rings. The zero-order valence-electron chi connectivity index (χ0n) is 15.6. The Kier molecular flexibility index (Phi) is 10.7. The average Bonchev–Trinajstić information content (AvgIpc) is 2.69. The summed E-state index contributed by atoms with van der Waals surface area (Å²) in [7, 11) is 0. The second-order valence-corrected chi connectivity index (χ2v) is 6.48. The monoisotopic (exact) mass is 436 g/mol. The predicted molar refractivity (Wildman–Crippen MR) is 109 cm³/mol. The number of hydrogen-bond donors (Lipinski definition) is 2. The van der Waals surface area contributed by atoms with E-state index in [-0.39, 0.29) is 42.3 Å². The molecule has 7 nitrogen and oxygen atoms in total. The lowest BCUT2D eigenvalue weighted by molar-refractivity contribution is -0.138. The minimum Gasteiger partial charge on any atom is -0.378 e. The maximum absolute atomic E-state index is 13.6. The van der Waals surface area contributed by atoms with Crippen LogP contribution >= 0.6 is 24.8 Å². The lowest BCUT2D eigenvalue weighted by Gasteiger charge is -2.37. The summed E-state index contributed by atoms with van der Waals surface area (Å²) >= 11 is 0. The van der Waals surface area contributed by atoms with Crippen molar-refractivity contribution >= 4 is 36.6 Å². The van der Waals surface area contributed by atoms with Gasteiger partial charge in [-0.25, -0.2) is 4.39 Å². The smallest absolute Gasteiger partial charge is 0.254 e. The van der Waals surface area contributed by atoms with Gasteiger partial charge in [-0.15, -0.1) is 24.8 Å². The number of halogens is 3. The predicted octanol–water partition coefficient (Wildman–Crippen LogP) is 0.532. The fourth-order valence-electron chi connectivity index (χ4n) is 3.20. The molecule has 2 amide bonds. The molecule has 1 aromatic rings. The Labute approximate surface area is 176 Å². The van der Waals surface area contributed by atoms with Gasteiger partial charge in [-0.1, -0.05) is 12.1 Å². The van der Waals surface area contributed by atoms with Crippen molar-refractivity contribution in [3.05, 3.63) is 35.6 Å². The van der Waals surface area contributed by atoms with E-state index in [0.717, 1.165) is 13.1 Å². The summed E-state index contributed by atoms with van der Waals surface area (Å²) in [5, 5.41) is 5.93. The SMILES string of the molecule is Cl.Cl.O=C(NCCN1CCN(C(=O)C2COCCN2)CC1)c1ccccc1F. The van der Waals surface area contributed by atoms with Crippen LogP contribution in [0.25, 0.3) is 0 Å². The molecule has 2 saturated heterocycles. The number of carbonyl (C=O) groups is 2. The number of hydrogen-bond acceptors (Lipinski definition) is 5. The highest BCUT2D eigenvalue weighted by molar-refractivity contribution is 5.94. The molecule has 1 unspecified atom stereocenters. The molecular formula is C18H27Cl2FN4O3. The van der Waals surface area contributed by atoms with Gasteiger partial charge < -0.3 is 20.3 Å². The number of benzene rings is 1. The standard InChI is InChI=1S/C18H25FN4O3.2ClH/c19-15-4-2-1-3-14(15)17(24)21-5-7-22-8-10-23(11-9-22)18(25)16-13-26-12-6-20-16;;/h1-4,16,20H,5-13H2,(H,21,24);2*1H. The zero-order valence-corrected chi connectivity index (χ0v) is 17.2. The molecule has 158 valence electrons. The molecule has 0 spiro atoms. The molecule has 3 rings (SSSR count). The summed E-state index contributed by atoms with van der Waals surface area (Å²) in [6, 6.07) is 5.70. The molecule has 1 aromatic carbocycles. The van der Waals surface area contributed by atoms with Gasteiger partial charge in [-0.2, -0.15) is 0 Å². The van der Waals surface area contributed by atoms with E-state index in [1.54, 1.807) is 12.1 Å². The molecule has 2 heterocycles. The Bertz CT molecular complexity index is 639. The van der Waals surface area contributed by atoms with Crippen LogP contribution in [-0.4, -0.2) is 86.7 Å². The summed E-state index contributed by atoms with van der Waals surface area (Å²) in [5.74, 6) is -0.824. The van der Waals surface area contributed by atoms with Crippen molar-refractivity contribution in [1.29, 1.82) is 0 Å². The summed E-state index contributed by atoms with van der Waals surface area (Å²) < 4.78 is 18.9. The van der Waals surface area contributed by atoms with E-state index < -0.39 is 11.7 Å². The van der Waals surface area contributed by atoms with Gasteiger partial charge >= 0.3 is 0 Å². The summed E-state index contributed by atoms with van der Waals surface area (Å²) in [6.07, 6.45) is 0. The first-order chi connectivity index (χ1) is 12.6. The van der Waals surface area contributed by atoms with Crippen LogP contribution in [0.2, 0.25) is 0 Å². The van der Waals surface area contributed by atoms with Gasteiger partial charge in [0, 0.05) is 45.8 Å². The second-order valence-electron chi connectivity index (χ2n) is 6.48. The molecule has 2 N–H and O–H groups in total. The summed E-state index contributed by atoms with van der Waals surface area (Å²) in [5.41, 5.74) is 0.0603. The molecule has 0 bridgehead atoms. The normalized spacial score (nSPS) is 19.9. The van der Waals surface area contributed by atoms with Crippen molar-refractivity contribution in [2.75, 3.05) is 59.0 Å². The lowest BCUT2D eigenvalue weighted by Crippen LogP contribution is -2.57. The molecule has 0 radical (unpaired) electrons. The number of amides is 2. The van der Waals surface area contributed by atoms with Crippen LogP contribution in [0.3, 0.4) is 0 Å². The molecule has 10 heteroatoms. The van der Waals surface area contributed by atoms with Crippen LogP contribution in [0.1, 0.15) is 10.4 Å². The van der Waals surface area contributed by atoms with Gasteiger partial charge in [0.25, 0.3) is 5.91 Å². The number of ether oxygens (including phenoxy) is 1. The van der Waals surface area contributed by atoms with Crippen LogP contribution in [0.15, 0.2) is 24.3 Å². The van der Waals surface area contributed by atoms with Gasteiger partial charge in [0.1, 0.15) is 11.9 Å². The third kappa shape index (κ3) is 6.56. The number of nitrogens with one attached hydrogen (secondary N) is 2. The van der Waals surface area contributed by atoms with Crippen molar-refractivity contribution < 1.29 is 18.7 Å². The minimum atomic E-state index is -0.516. The Hall–Kier alpha value is -1.45. The van der Waals surface area contributed by atoms with Crippen molar-refractivity contribution in [3.8, 4) is 0 Å². The largest absolute Gasteiger partial charge is 0.378 e. The van der Waals surface area contributed by atoms with Crippen molar-refractivity contribution in [3.63, 3.8) is 0 Å². The van der Waals surface area contributed by atoms with E-state index in [1.807, 2.05) is 4.90 Å². The van der Waals surface area contributed by atoms with E-state index in [4.69, 9.17) is 4.74 Å². The number of carbonyl (C=O) groups excluding carboxylic acids is 2. The van der Waals surface area contributed by atoms with E-state index in [2.05, 4.69) is 15.5 Å². The van der Waals surface area contributed by atoms with E-state index in [1.165, 1.54) is 12.1 Å². The van der Waals surface area contributed by atoms with Crippen molar-refractivity contribution in [2.24, 2.45) is 0 Å². The van der Waals surface area contributed by atoms with Crippen LogP contribution in [0.5, 0.6) is 0 Å². The van der Waals surface area contributed by atoms with E-state index >= 15 is 0 Å². The molecular weight excluding hydrogens is 410 g/mol. The van der Waals surface area contributed by atoms with Crippen molar-refractivity contribution in [1.82, 2.24) is 20.4 Å². The molecule has 0 aromatic heterocycles. The number of rotatable bonds is 5. The van der Waals surface area contributed by atoms with Gasteiger partial charge in [0.2, 0.25) is 5.91 Å². The number of morpholine rings is 1. The van der Waals surface area contributed by atoms with Gasteiger partial charge in [0.05, 0.1) is 18.8 Å². The van der Waals surface area contributed by atoms with Gasteiger partial charge in [-0.3, -0.25) is 14.5 Å². The number of piperazine rings is 1. The quantitative estimate of drug-likeness (QED) is 0.704. The summed E-state index contributed by atoms with van der Waals surface area (Å²) in [6.45, 7) is 5.75. The Morgan fingerprint density at radius 2 is 1.89 bits per heavy atom. The first-order valence-electron chi connectivity index (χ1n) is 9.00. The topological polar surface area (TPSA) is 73.9 Å². The first-order valence-corrected chi connectivity index (χ1v) is 9.00. The third-order valence-corrected chi connectivity index (χ3v) is 4.74. The summed E-state index contributed by atoms with van der Waals surface area (Å²) in [4.78, 5) is 28.5.